The van der Waals surface area contributed by atoms with E-state index in [1.54, 1.807) is 11.9 Å². The van der Waals surface area contributed by atoms with Crippen LogP contribution < -0.4 is 10.2 Å². The third kappa shape index (κ3) is 4.45. The lowest BCUT2D eigenvalue weighted by atomic mass is 10.1. The second kappa shape index (κ2) is 8.73. The maximum absolute atomic E-state index is 13.8. The van der Waals surface area contributed by atoms with Crippen molar-refractivity contribution in [1.29, 1.82) is 0 Å². The molecule has 2 N–H and O–H groups in total. The van der Waals surface area contributed by atoms with E-state index in [-0.39, 0.29) is 22.6 Å². The molecule has 0 fully saturated rings. The Morgan fingerprint density at radius 1 is 1.23 bits per heavy atom. The number of aromatic carboxylic acids is 1. The molecule has 3 aromatic rings. The molecule has 0 atom stereocenters. The van der Waals surface area contributed by atoms with Crippen LogP contribution in [0.2, 0.25) is 0 Å². The van der Waals surface area contributed by atoms with Crippen molar-refractivity contribution in [3.05, 3.63) is 70.5 Å². The zero-order chi connectivity index (χ0) is 21.8. The lowest BCUT2D eigenvalue weighted by Gasteiger charge is -2.20. The van der Waals surface area contributed by atoms with Gasteiger partial charge in [-0.05, 0) is 38.5 Å². The van der Waals surface area contributed by atoms with E-state index in [1.165, 1.54) is 36.5 Å². The number of carboxylic acids is 1. The molecule has 8 nitrogen and oxygen atoms in total. The number of aromatic nitrogens is 2. The van der Waals surface area contributed by atoms with Gasteiger partial charge >= 0.3 is 5.97 Å². The molecule has 1 amide bonds. The average Bonchev–Trinajstić information content (AvgIpc) is 3.03. The molecule has 0 bridgehead atoms. The highest BCUT2D eigenvalue weighted by atomic mass is 19.1. The van der Waals surface area contributed by atoms with E-state index in [1.807, 2.05) is 13.8 Å². The van der Waals surface area contributed by atoms with E-state index in [0.717, 1.165) is 17.0 Å². The number of likely N-dealkylation sites (N-methyl/N-ethyl adjacent to an activating group) is 1. The molecule has 0 unspecified atom stereocenters. The molecule has 1 aromatic carbocycles. The van der Waals surface area contributed by atoms with Gasteiger partial charge in [-0.3, -0.25) is 4.79 Å². The Labute approximate surface area is 172 Å². The minimum absolute atomic E-state index is 0.0809. The predicted molar refractivity (Wildman–Crippen MR) is 109 cm³/mol. The highest BCUT2D eigenvalue weighted by Gasteiger charge is 2.19. The highest BCUT2D eigenvalue weighted by Crippen LogP contribution is 2.22. The predicted octanol–water partition coefficient (Wildman–Crippen LogP) is 3.45. The lowest BCUT2D eigenvalue weighted by molar-refractivity contribution is 0.0696. The lowest BCUT2D eigenvalue weighted by Crippen LogP contribution is -2.24. The van der Waals surface area contributed by atoms with Gasteiger partial charge in [-0.1, -0.05) is 17.3 Å². The molecule has 0 aliphatic rings. The number of hydrogen-bond donors (Lipinski definition) is 2. The zero-order valence-electron chi connectivity index (χ0n) is 16.8. The monoisotopic (exact) mass is 412 g/mol. The van der Waals surface area contributed by atoms with Gasteiger partial charge in [0.1, 0.15) is 23.0 Å². The van der Waals surface area contributed by atoms with Gasteiger partial charge < -0.3 is 19.8 Å². The maximum atomic E-state index is 13.8. The van der Waals surface area contributed by atoms with E-state index >= 15 is 0 Å². The fourth-order valence-corrected chi connectivity index (χ4v) is 3.08. The minimum atomic E-state index is -1.19. The van der Waals surface area contributed by atoms with Gasteiger partial charge in [-0.25, -0.2) is 14.2 Å². The van der Waals surface area contributed by atoms with E-state index in [4.69, 9.17) is 4.52 Å². The van der Waals surface area contributed by atoms with Gasteiger partial charge in [0.15, 0.2) is 0 Å². The van der Waals surface area contributed by atoms with E-state index < -0.39 is 17.7 Å². The van der Waals surface area contributed by atoms with Crippen LogP contribution in [0.15, 0.2) is 41.1 Å². The summed E-state index contributed by atoms with van der Waals surface area (Å²) in [6.45, 7) is 4.15. The first kappa shape index (κ1) is 21.0. The number of anilines is 2. The summed E-state index contributed by atoms with van der Waals surface area (Å²) in [6.07, 6.45) is 1.94. The molecule has 0 spiro atoms. The van der Waals surface area contributed by atoms with Crippen molar-refractivity contribution in [2.45, 2.75) is 20.3 Å². The molecular weight excluding hydrogens is 391 g/mol. The number of halogens is 1. The van der Waals surface area contributed by atoms with Crippen LogP contribution in [0.3, 0.4) is 0 Å². The number of nitrogens with one attached hydrogen (secondary N) is 1. The number of amides is 1. The van der Waals surface area contributed by atoms with Crippen molar-refractivity contribution in [3.8, 4) is 0 Å². The Kier molecular flexibility index (Phi) is 6.10. The first-order chi connectivity index (χ1) is 14.3. The molecule has 9 heteroatoms. The number of rotatable bonds is 7. The van der Waals surface area contributed by atoms with Crippen LogP contribution in [-0.2, 0) is 6.42 Å². The Balaban J connectivity index is 1.78. The first-order valence-corrected chi connectivity index (χ1v) is 9.20. The molecule has 30 heavy (non-hydrogen) atoms. The summed E-state index contributed by atoms with van der Waals surface area (Å²) in [5.74, 6) is -1.58. The molecule has 2 aromatic heterocycles. The average molecular weight is 412 g/mol. The number of pyridine rings is 1. The molecule has 0 aliphatic carbocycles. The second-order valence-electron chi connectivity index (χ2n) is 6.81. The van der Waals surface area contributed by atoms with E-state index in [9.17, 15) is 19.1 Å². The van der Waals surface area contributed by atoms with Gasteiger partial charge in [-0.15, -0.1) is 0 Å². The molecule has 3 rings (SSSR count). The largest absolute Gasteiger partial charge is 0.478 e. The van der Waals surface area contributed by atoms with Gasteiger partial charge in [0, 0.05) is 19.2 Å². The van der Waals surface area contributed by atoms with Crippen LogP contribution in [0.5, 0.6) is 0 Å². The summed E-state index contributed by atoms with van der Waals surface area (Å²) in [7, 11) is 1.73. The Morgan fingerprint density at radius 2 is 1.97 bits per heavy atom. The van der Waals surface area contributed by atoms with Crippen molar-refractivity contribution >= 4 is 23.4 Å². The number of hydrogen-bond acceptors (Lipinski definition) is 6. The van der Waals surface area contributed by atoms with Crippen molar-refractivity contribution < 1.29 is 23.6 Å². The zero-order valence-corrected chi connectivity index (χ0v) is 16.8. The number of carboxylic acid groups (broad SMARTS) is 1. The first-order valence-electron chi connectivity index (χ1n) is 9.20. The van der Waals surface area contributed by atoms with Crippen LogP contribution in [0.25, 0.3) is 0 Å². The van der Waals surface area contributed by atoms with Gasteiger partial charge in [0.2, 0.25) is 0 Å². The standard InChI is InChI=1S/C21H21FN4O4/c1-12-15(13(2)30-25-12)8-9-26(3)19-17(21(28)29)10-14(11-23-19)24-20(27)16-6-4-5-7-18(16)22/h4-7,10-11H,8-9H2,1-3H3,(H,24,27)(H,28,29). The number of carbonyl (C=O) groups excluding carboxylic acids is 1. The topological polar surface area (TPSA) is 109 Å². The smallest absolute Gasteiger partial charge is 0.339 e. The second-order valence-corrected chi connectivity index (χ2v) is 6.81. The van der Waals surface area contributed by atoms with Crippen molar-refractivity contribution in [1.82, 2.24) is 10.1 Å². The fourth-order valence-electron chi connectivity index (χ4n) is 3.08. The summed E-state index contributed by atoms with van der Waals surface area (Å²) in [6, 6.07) is 6.83. The highest BCUT2D eigenvalue weighted by molar-refractivity contribution is 6.05. The maximum Gasteiger partial charge on any atom is 0.339 e. The third-order valence-corrected chi connectivity index (χ3v) is 4.71. The number of nitrogens with zero attached hydrogens (tertiary/aromatic N) is 3. The Hall–Kier alpha value is -3.75. The molecule has 0 saturated carbocycles. The summed E-state index contributed by atoms with van der Waals surface area (Å²) >= 11 is 0. The molecule has 0 aliphatic heterocycles. The Morgan fingerprint density at radius 3 is 2.60 bits per heavy atom. The fraction of sp³-hybridized carbons (Fsp3) is 0.238. The van der Waals surface area contributed by atoms with E-state index in [0.29, 0.717) is 13.0 Å². The molecule has 0 radical (unpaired) electrons. The van der Waals surface area contributed by atoms with E-state index in [2.05, 4.69) is 15.5 Å². The summed E-state index contributed by atoms with van der Waals surface area (Å²) < 4.78 is 18.9. The molecule has 2 heterocycles. The number of benzene rings is 1. The summed E-state index contributed by atoms with van der Waals surface area (Å²) in [5.41, 5.74) is 1.69. The Bertz CT molecular complexity index is 1080. The number of carbonyl (C=O) groups is 2. The quantitative estimate of drug-likeness (QED) is 0.612. The van der Waals surface area contributed by atoms with Crippen molar-refractivity contribution in [2.75, 3.05) is 23.8 Å². The van der Waals surface area contributed by atoms with Gasteiger partial charge in [0.25, 0.3) is 5.91 Å². The van der Waals surface area contributed by atoms with Crippen molar-refractivity contribution in [3.63, 3.8) is 0 Å². The van der Waals surface area contributed by atoms with Gasteiger partial charge in [0.05, 0.1) is 23.1 Å². The third-order valence-electron chi connectivity index (χ3n) is 4.71. The van der Waals surface area contributed by atoms with Crippen LogP contribution in [0, 0.1) is 19.7 Å². The van der Waals surface area contributed by atoms with Crippen LogP contribution in [0.1, 0.15) is 37.7 Å². The molecule has 156 valence electrons. The van der Waals surface area contributed by atoms with Crippen LogP contribution in [-0.4, -0.2) is 40.7 Å². The minimum Gasteiger partial charge on any atom is -0.478 e. The number of aryl methyl sites for hydroxylation is 2. The summed E-state index contributed by atoms with van der Waals surface area (Å²) in [4.78, 5) is 30.0. The van der Waals surface area contributed by atoms with Crippen LogP contribution >= 0.6 is 0 Å². The summed E-state index contributed by atoms with van der Waals surface area (Å²) in [5, 5.41) is 16.0. The van der Waals surface area contributed by atoms with Crippen molar-refractivity contribution in [2.24, 2.45) is 0 Å². The molecular formula is C21H21FN4O4. The van der Waals surface area contributed by atoms with Crippen LogP contribution in [0.4, 0.5) is 15.9 Å². The normalized spacial score (nSPS) is 10.7. The molecule has 0 saturated heterocycles. The SMILES string of the molecule is Cc1noc(C)c1CCN(C)c1ncc(NC(=O)c2ccccc2F)cc1C(=O)O. The van der Waals surface area contributed by atoms with Gasteiger partial charge in [-0.2, -0.15) is 0 Å².